The predicted molar refractivity (Wildman–Crippen MR) is 98.0 cm³/mol. The van der Waals surface area contributed by atoms with Crippen LogP contribution in [-0.2, 0) is 6.54 Å². The van der Waals surface area contributed by atoms with E-state index in [4.69, 9.17) is 4.42 Å². The number of aryl methyl sites for hydroxylation is 1. The summed E-state index contributed by atoms with van der Waals surface area (Å²) in [6.07, 6.45) is 6.51. The van der Waals surface area contributed by atoms with Crippen LogP contribution in [-0.4, -0.2) is 4.57 Å². The van der Waals surface area contributed by atoms with Crippen molar-refractivity contribution >= 4 is 33.0 Å². The Morgan fingerprint density at radius 2 is 1.57 bits per heavy atom. The van der Waals surface area contributed by atoms with Crippen LogP contribution in [0.1, 0.15) is 39.0 Å². The number of rotatable bonds is 6. The molecule has 2 aromatic heterocycles. The topological polar surface area (TPSA) is 18.1 Å². The van der Waals surface area contributed by atoms with Gasteiger partial charge in [-0.25, -0.2) is 0 Å². The van der Waals surface area contributed by atoms with Crippen LogP contribution in [0.2, 0.25) is 0 Å². The lowest BCUT2D eigenvalue weighted by molar-refractivity contribution is 0.584. The molecule has 4 aromatic rings. The van der Waals surface area contributed by atoms with Crippen LogP contribution in [0.5, 0.6) is 0 Å². The molecule has 2 nitrogen and oxygen atoms in total. The highest BCUT2D eigenvalue weighted by molar-refractivity contribution is 6.15. The van der Waals surface area contributed by atoms with Crippen LogP contribution in [0.15, 0.2) is 52.9 Å². The molecular weight excluding hydrogens is 282 g/mol. The van der Waals surface area contributed by atoms with Crippen molar-refractivity contribution < 1.29 is 4.42 Å². The Kier molecular flexibility index (Phi) is 3.82. The molecule has 0 aliphatic rings. The van der Waals surface area contributed by atoms with Crippen molar-refractivity contribution in [2.24, 2.45) is 0 Å². The molecule has 0 N–H and O–H groups in total. The molecule has 2 heteroatoms. The van der Waals surface area contributed by atoms with Crippen molar-refractivity contribution in [3.8, 4) is 0 Å². The van der Waals surface area contributed by atoms with Crippen LogP contribution in [0, 0.1) is 0 Å². The quantitative estimate of drug-likeness (QED) is 0.371. The van der Waals surface area contributed by atoms with E-state index in [1.54, 1.807) is 0 Å². The highest BCUT2D eigenvalue weighted by Gasteiger charge is 2.17. The van der Waals surface area contributed by atoms with Gasteiger partial charge in [0.2, 0.25) is 0 Å². The Hall–Kier alpha value is -2.22. The zero-order valence-electron chi connectivity index (χ0n) is 13.7. The number of hydrogen-bond donors (Lipinski definition) is 0. The average molecular weight is 305 g/mol. The molecule has 0 saturated carbocycles. The third-order valence-electron chi connectivity index (χ3n) is 4.76. The summed E-state index contributed by atoms with van der Waals surface area (Å²) in [6, 6.07) is 17.0. The van der Waals surface area contributed by atoms with Gasteiger partial charge in [0.1, 0.15) is 5.58 Å². The molecule has 4 rings (SSSR count). The Bertz CT molecular complexity index is 938. The molecule has 0 unspecified atom stereocenters. The monoisotopic (exact) mass is 305 g/mol. The fourth-order valence-corrected chi connectivity index (χ4v) is 3.61. The lowest BCUT2D eigenvalue weighted by atomic mass is 10.1. The third kappa shape index (κ3) is 2.42. The maximum absolute atomic E-state index is 6.17. The zero-order valence-corrected chi connectivity index (χ0v) is 13.7. The number of nitrogens with zero attached hydrogens (tertiary/aromatic N) is 1. The number of furan rings is 1. The van der Waals surface area contributed by atoms with Crippen molar-refractivity contribution in [1.82, 2.24) is 4.57 Å². The number of aromatic nitrogens is 1. The van der Waals surface area contributed by atoms with Gasteiger partial charge in [-0.15, -0.1) is 0 Å². The molecule has 2 heterocycles. The summed E-state index contributed by atoms with van der Waals surface area (Å²) in [5.74, 6) is 0. The minimum absolute atomic E-state index is 0.989. The van der Waals surface area contributed by atoms with Gasteiger partial charge in [-0.1, -0.05) is 56.9 Å². The first-order valence-electron chi connectivity index (χ1n) is 8.78. The molecular formula is C21H23NO. The van der Waals surface area contributed by atoms with Crippen LogP contribution in [0.25, 0.3) is 33.0 Å². The van der Waals surface area contributed by atoms with Crippen LogP contribution in [0.4, 0.5) is 0 Å². The maximum atomic E-state index is 6.17. The van der Waals surface area contributed by atoms with Gasteiger partial charge in [0.25, 0.3) is 0 Å². The lowest BCUT2D eigenvalue weighted by Crippen LogP contribution is -1.97. The molecule has 0 spiro atoms. The summed E-state index contributed by atoms with van der Waals surface area (Å²) >= 11 is 0. The van der Waals surface area contributed by atoms with E-state index in [0.29, 0.717) is 0 Å². The summed E-state index contributed by atoms with van der Waals surface area (Å²) in [5, 5.41) is 2.46. The molecule has 118 valence electrons. The highest BCUT2D eigenvalue weighted by atomic mass is 16.3. The molecule has 0 bridgehead atoms. The summed E-state index contributed by atoms with van der Waals surface area (Å²) in [6.45, 7) is 3.33. The molecule has 0 aliphatic carbocycles. The molecule has 0 aliphatic heterocycles. The fraction of sp³-hybridized carbons (Fsp3) is 0.333. The second-order valence-electron chi connectivity index (χ2n) is 6.36. The van der Waals surface area contributed by atoms with Crippen LogP contribution in [0.3, 0.4) is 0 Å². The minimum Gasteiger partial charge on any atom is -0.454 e. The summed E-state index contributed by atoms with van der Waals surface area (Å²) in [5.41, 5.74) is 4.58. The highest BCUT2D eigenvalue weighted by Crippen LogP contribution is 2.36. The van der Waals surface area contributed by atoms with Gasteiger partial charge < -0.3 is 8.98 Å². The van der Waals surface area contributed by atoms with E-state index in [0.717, 1.165) is 17.7 Å². The van der Waals surface area contributed by atoms with E-state index in [1.165, 1.54) is 53.9 Å². The first-order chi connectivity index (χ1) is 11.4. The Labute approximate surface area is 136 Å². The largest absolute Gasteiger partial charge is 0.454 e. The predicted octanol–water partition coefficient (Wildman–Crippen LogP) is 6.51. The van der Waals surface area contributed by atoms with Gasteiger partial charge in [-0.2, -0.15) is 0 Å². The van der Waals surface area contributed by atoms with Crippen molar-refractivity contribution in [2.75, 3.05) is 0 Å². The first-order valence-corrected chi connectivity index (χ1v) is 8.78. The van der Waals surface area contributed by atoms with Crippen molar-refractivity contribution in [1.29, 1.82) is 0 Å². The van der Waals surface area contributed by atoms with Gasteiger partial charge in [0.05, 0.1) is 11.0 Å². The Balaban J connectivity index is 1.81. The summed E-state index contributed by atoms with van der Waals surface area (Å²) in [4.78, 5) is 0. The lowest BCUT2D eigenvalue weighted by Gasteiger charge is -2.07. The van der Waals surface area contributed by atoms with Crippen LogP contribution < -0.4 is 0 Å². The van der Waals surface area contributed by atoms with E-state index in [-0.39, 0.29) is 0 Å². The van der Waals surface area contributed by atoms with Gasteiger partial charge >= 0.3 is 0 Å². The standard InChI is InChI=1S/C21H23NO/c1-2-3-4-5-10-15-22-18-13-8-6-11-16(18)21-20(22)17-12-7-9-14-19(17)23-21/h6-9,11-14H,2-5,10,15H2,1H3. The minimum atomic E-state index is 0.989. The number of fused-ring (bicyclic) bond motifs is 5. The SMILES string of the molecule is CCCCCCCn1c2ccccc2c2oc3ccccc3c21. The fourth-order valence-electron chi connectivity index (χ4n) is 3.61. The second kappa shape index (κ2) is 6.11. The van der Waals surface area contributed by atoms with E-state index < -0.39 is 0 Å². The number of unbranched alkanes of at least 4 members (excludes halogenated alkanes) is 4. The molecule has 0 radical (unpaired) electrons. The van der Waals surface area contributed by atoms with E-state index in [9.17, 15) is 0 Å². The average Bonchev–Trinajstić information content (AvgIpc) is 3.10. The Morgan fingerprint density at radius 1 is 0.826 bits per heavy atom. The molecule has 0 fully saturated rings. The summed E-state index contributed by atoms with van der Waals surface area (Å²) < 4.78 is 8.63. The van der Waals surface area contributed by atoms with Crippen molar-refractivity contribution in [3.63, 3.8) is 0 Å². The number of benzene rings is 2. The van der Waals surface area contributed by atoms with E-state index in [2.05, 4.69) is 54.0 Å². The summed E-state index contributed by atoms with van der Waals surface area (Å²) in [7, 11) is 0. The van der Waals surface area contributed by atoms with Crippen molar-refractivity contribution in [2.45, 2.75) is 45.6 Å². The molecule has 0 saturated heterocycles. The van der Waals surface area contributed by atoms with Crippen molar-refractivity contribution in [3.05, 3.63) is 48.5 Å². The van der Waals surface area contributed by atoms with Gasteiger partial charge in [0.15, 0.2) is 5.58 Å². The number of para-hydroxylation sites is 2. The zero-order chi connectivity index (χ0) is 15.6. The van der Waals surface area contributed by atoms with E-state index >= 15 is 0 Å². The second-order valence-corrected chi connectivity index (χ2v) is 6.36. The van der Waals surface area contributed by atoms with Gasteiger partial charge in [0, 0.05) is 17.3 Å². The molecule has 2 aromatic carbocycles. The normalized spacial score (nSPS) is 11.9. The smallest absolute Gasteiger partial charge is 0.161 e. The molecule has 23 heavy (non-hydrogen) atoms. The Morgan fingerprint density at radius 3 is 2.43 bits per heavy atom. The third-order valence-corrected chi connectivity index (χ3v) is 4.76. The molecule has 0 amide bonds. The van der Waals surface area contributed by atoms with Crippen LogP contribution >= 0.6 is 0 Å². The van der Waals surface area contributed by atoms with E-state index in [1.807, 2.05) is 6.07 Å². The first kappa shape index (κ1) is 14.4. The number of hydrogen-bond acceptors (Lipinski definition) is 1. The molecule has 0 atom stereocenters. The maximum Gasteiger partial charge on any atom is 0.161 e. The van der Waals surface area contributed by atoms with Gasteiger partial charge in [-0.3, -0.25) is 0 Å². The van der Waals surface area contributed by atoms with Gasteiger partial charge in [-0.05, 0) is 30.7 Å².